The van der Waals surface area contributed by atoms with E-state index in [1.54, 1.807) is 0 Å². The second-order valence-corrected chi connectivity index (χ2v) is 5.63. The van der Waals surface area contributed by atoms with Gasteiger partial charge in [-0.05, 0) is 30.4 Å². The van der Waals surface area contributed by atoms with Gasteiger partial charge in [-0.3, -0.25) is 4.79 Å². The molecule has 0 N–H and O–H groups in total. The lowest BCUT2D eigenvalue weighted by Gasteiger charge is -2.25. The zero-order valence-corrected chi connectivity index (χ0v) is 12.9. The Morgan fingerprint density at radius 1 is 1.24 bits per heavy atom. The molecule has 2 rings (SSSR count). The van der Waals surface area contributed by atoms with Crippen molar-refractivity contribution in [3.8, 4) is 0 Å². The van der Waals surface area contributed by atoms with Crippen LogP contribution in [0.1, 0.15) is 33.1 Å². The molecule has 1 unspecified atom stereocenters. The molecule has 0 aromatic carbocycles. The zero-order chi connectivity index (χ0) is 15.1. The van der Waals surface area contributed by atoms with Gasteiger partial charge in [-0.25, -0.2) is 0 Å². The van der Waals surface area contributed by atoms with Crippen LogP contribution in [0.25, 0.3) is 0 Å². The average Bonchev–Trinajstić information content (AvgIpc) is 2.52. The highest BCUT2D eigenvalue weighted by atomic mass is 16.6. The van der Waals surface area contributed by atoms with Gasteiger partial charge in [-0.1, -0.05) is 50.3 Å². The van der Waals surface area contributed by atoms with Crippen molar-refractivity contribution in [2.24, 2.45) is 5.92 Å². The minimum atomic E-state index is -0.168. The molecule has 21 heavy (non-hydrogen) atoms. The zero-order valence-electron chi connectivity index (χ0n) is 12.9. The first-order valence-electron chi connectivity index (χ1n) is 7.69. The van der Waals surface area contributed by atoms with Gasteiger partial charge in [-0.2, -0.15) is 0 Å². The third-order valence-electron chi connectivity index (χ3n) is 3.61. The maximum atomic E-state index is 11.4. The predicted octanol–water partition coefficient (Wildman–Crippen LogP) is 3.73. The summed E-state index contributed by atoms with van der Waals surface area (Å²) in [5.74, 6) is -0.254. The standard InChI is InChI=1S/C18H24O3/c1-14(2)18(19)21-13-12-20-17-11-7-6-10-16(17)15-8-4-3-5-9-15/h3-4,6-8,10,14,17H,5,9,11-13H2,1-2H3. The first-order chi connectivity index (χ1) is 10.2. The summed E-state index contributed by atoms with van der Waals surface area (Å²) in [5.41, 5.74) is 2.61. The molecule has 0 aromatic rings. The fourth-order valence-corrected chi connectivity index (χ4v) is 2.42. The summed E-state index contributed by atoms with van der Waals surface area (Å²) >= 11 is 0. The fourth-order valence-electron chi connectivity index (χ4n) is 2.42. The van der Waals surface area contributed by atoms with Crippen LogP contribution in [0.2, 0.25) is 0 Å². The van der Waals surface area contributed by atoms with E-state index in [0.717, 1.165) is 19.3 Å². The third-order valence-corrected chi connectivity index (χ3v) is 3.61. The van der Waals surface area contributed by atoms with Crippen LogP contribution in [-0.2, 0) is 14.3 Å². The molecule has 0 amide bonds. The Labute approximate surface area is 127 Å². The van der Waals surface area contributed by atoms with Gasteiger partial charge in [-0.15, -0.1) is 0 Å². The van der Waals surface area contributed by atoms with Crippen LogP contribution >= 0.6 is 0 Å². The van der Waals surface area contributed by atoms with Gasteiger partial charge in [0, 0.05) is 0 Å². The molecule has 3 nitrogen and oxygen atoms in total. The van der Waals surface area contributed by atoms with Crippen LogP contribution in [0.4, 0.5) is 0 Å². The SMILES string of the molecule is CC(C)C(=O)OCCOC1CC=CC=C1C1=CC=CCC1. The van der Waals surface area contributed by atoms with Crippen LogP contribution in [0.15, 0.2) is 47.6 Å². The molecule has 3 heteroatoms. The number of esters is 1. The molecule has 0 fully saturated rings. The monoisotopic (exact) mass is 288 g/mol. The molecule has 0 spiro atoms. The molecule has 114 valence electrons. The highest BCUT2D eigenvalue weighted by Crippen LogP contribution is 2.28. The Balaban J connectivity index is 1.83. The van der Waals surface area contributed by atoms with Crippen LogP contribution < -0.4 is 0 Å². The molecule has 0 radical (unpaired) electrons. The normalized spacial score (nSPS) is 21.2. The Bertz CT molecular complexity index is 481. The van der Waals surface area contributed by atoms with E-state index < -0.39 is 0 Å². The molecule has 0 bridgehead atoms. The second-order valence-electron chi connectivity index (χ2n) is 5.63. The van der Waals surface area contributed by atoms with E-state index in [9.17, 15) is 4.79 Å². The number of rotatable bonds is 6. The maximum absolute atomic E-state index is 11.4. The largest absolute Gasteiger partial charge is 0.463 e. The summed E-state index contributed by atoms with van der Waals surface area (Å²) in [6, 6.07) is 0. The first kappa shape index (κ1) is 15.8. The molecular weight excluding hydrogens is 264 g/mol. The number of hydrogen-bond donors (Lipinski definition) is 0. The molecule has 2 aliphatic rings. The van der Waals surface area contributed by atoms with E-state index >= 15 is 0 Å². The van der Waals surface area contributed by atoms with Crippen molar-refractivity contribution >= 4 is 5.97 Å². The van der Waals surface area contributed by atoms with Crippen LogP contribution in [0, 0.1) is 5.92 Å². The molecule has 0 saturated heterocycles. The molecule has 1 atom stereocenters. The summed E-state index contributed by atoms with van der Waals surface area (Å²) in [6.07, 6.45) is 15.9. The van der Waals surface area contributed by atoms with E-state index in [-0.39, 0.29) is 18.0 Å². The van der Waals surface area contributed by atoms with Crippen LogP contribution in [0.3, 0.4) is 0 Å². The van der Waals surface area contributed by atoms with E-state index in [1.807, 2.05) is 13.8 Å². The van der Waals surface area contributed by atoms with E-state index in [0.29, 0.717) is 13.2 Å². The average molecular weight is 288 g/mol. The number of ether oxygens (including phenoxy) is 2. The van der Waals surface area contributed by atoms with Crippen molar-refractivity contribution in [1.82, 2.24) is 0 Å². The fraction of sp³-hybridized carbons (Fsp3) is 0.500. The predicted molar refractivity (Wildman–Crippen MR) is 83.8 cm³/mol. The van der Waals surface area contributed by atoms with Crippen molar-refractivity contribution in [2.75, 3.05) is 13.2 Å². The van der Waals surface area contributed by atoms with Gasteiger partial charge in [0.05, 0.1) is 18.6 Å². The summed E-state index contributed by atoms with van der Waals surface area (Å²) in [4.78, 5) is 11.4. The van der Waals surface area contributed by atoms with Crippen molar-refractivity contribution in [2.45, 2.75) is 39.2 Å². The first-order valence-corrected chi connectivity index (χ1v) is 7.69. The number of carbonyl (C=O) groups is 1. The Kier molecular flexibility index (Phi) is 6.00. The van der Waals surface area contributed by atoms with Crippen LogP contribution in [-0.4, -0.2) is 25.3 Å². The molecule has 0 aliphatic heterocycles. The molecule has 0 saturated carbocycles. The van der Waals surface area contributed by atoms with Gasteiger partial charge >= 0.3 is 5.97 Å². The highest BCUT2D eigenvalue weighted by Gasteiger charge is 2.19. The molecule has 0 aromatic heterocycles. The molecule has 2 aliphatic carbocycles. The minimum Gasteiger partial charge on any atom is -0.463 e. The highest BCUT2D eigenvalue weighted by molar-refractivity contribution is 5.71. The lowest BCUT2D eigenvalue weighted by atomic mass is 9.89. The van der Waals surface area contributed by atoms with Crippen molar-refractivity contribution in [3.63, 3.8) is 0 Å². The van der Waals surface area contributed by atoms with Crippen molar-refractivity contribution in [3.05, 3.63) is 47.6 Å². The summed E-state index contributed by atoms with van der Waals surface area (Å²) in [6.45, 7) is 4.43. The summed E-state index contributed by atoms with van der Waals surface area (Å²) in [7, 11) is 0. The van der Waals surface area contributed by atoms with Gasteiger partial charge < -0.3 is 9.47 Å². The van der Waals surface area contributed by atoms with Gasteiger partial charge in [0.1, 0.15) is 6.61 Å². The minimum absolute atomic E-state index is 0.0745. The Morgan fingerprint density at radius 2 is 2.05 bits per heavy atom. The van der Waals surface area contributed by atoms with Gasteiger partial charge in [0.15, 0.2) is 0 Å². The Hall–Kier alpha value is -1.61. The van der Waals surface area contributed by atoms with E-state index in [1.165, 1.54) is 11.1 Å². The van der Waals surface area contributed by atoms with Crippen molar-refractivity contribution in [1.29, 1.82) is 0 Å². The molecule has 0 heterocycles. The smallest absolute Gasteiger partial charge is 0.308 e. The Morgan fingerprint density at radius 3 is 2.76 bits per heavy atom. The van der Waals surface area contributed by atoms with Crippen molar-refractivity contribution < 1.29 is 14.3 Å². The van der Waals surface area contributed by atoms with E-state index in [2.05, 4.69) is 36.5 Å². The molecular formula is C18H24O3. The van der Waals surface area contributed by atoms with E-state index in [4.69, 9.17) is 9.47 Å². The van der Waals surface area contributed by atoms with Crippen LogP contribution in [0.5, 0.6) is 0 Å². The maximum Gasteiger partial charge on any atom is 0.308 e. The number of allylic oxidation sites excluding steroid dienone is 5. The number of hydrogen-bond acceptors (Lipinski definition) is 3. The topological polar surface area (TPSA) is 35.5 Å². The second kappa shape index (κ2) is 7.99. The quantitative estimate of drug-likeness (QED) is 0.552. The summed E-state index contributed by atoms with van der Waals surface area (Å²) in [5, 5.41) is 0. The number of carbonyl (C=O) groups excluding carboxylic acids is 1. The summed E-state index contributed by atoms with van der Waals surface area (Å²) < 4.78 is 11.1. The lowest BCUT2D eigenvalue weighted by molar-refractivity contribution is -0.149. The third kappa shape index (κ3) is 4.71. The lowest BCUT2D eigenvalue weighted by Crippen LogP contribution is -2.22. The van der Waals surface area contributed by atoms with Gasteiger partial charge in [0.2, 0.25) is 0 Å². The van der Waals surface area contributed by atoms with Gasteiger partial charge in [0.25, 0.3) is 0 Å².